The number of aromatic nitrogens is 1. The Bertz CT molecular complexity index is 1770. The van der Waals surface area contributed by atoms with Gasteiger partial charge in [0.2, 0.25) is 0 Å². The molecule has 0 saturated heterocycles. The molecule has 2 aliphatic rings. The molecule has 0 radical (unpaired) electrons. The second-order valence-corrected chi connectivity index (χ2v) is 13.6. The normalized spacial score (nSPS) is 15.7. The Kier molecular flexibility index (Phi) is 7.70. The maximum atomic E-state index is 2.49. The fraction of sp³-hybridized carbons (Fsp3) is 0.118. The molecule has 7 rings (SSSR count). The van der Waals surface area contributed by atoms with Gasteiger partial charge in [-0.1, -0.05) is 0 Å². The van der Waals surface area contributed by atoms with Crippen LogP contribution in [0, 0.1) is 6.92 Å². The van der Waals surface area contributed by atoms with Gasteiger partial charge in [0.15, 0.2) is 0 Å². The van der Waals surface area contributed by atoms with E-state index in [4.69, 9.17) is 0 Å². The summed E-state index contributed by atoms with van der Waals surface area (Å²) in [6.07, 6.45) is 10.5. The van der Waals surface area contributed by atoms with E-state index in [-0.39, 0.29) is 24.8 Å². The van der Waals surface area contributed by atoms with E-state index in [0.717, 1.165) is 6.42 Å². The van der Waals surface area contributed by atoms with Crippen molar-refractivity contribution in [3.8, 4) is 5.69 Å². The molecular formula is C34H27Cl2NZr. The van der Waals surface area contributed by atoms with E-state index in [9.17, 15) is 0 Å². The number of para-hydroxylation sites is 1. The number of benzene rings is 4. The Hall–Kier alpha value is -2.64. The van der Waals surface area contributed by atoms with Gasteiger partial charge >= 0.3 is 225 Å². The van der Waals surface area contributed by atoms with Gasteiger partial charge in [-0.25, -0.2) is 0 Å². The van der Waals surface area contributed by atoms with E-state index in [1.165, 1.54) is 60.8 Å². The quantitative estimate of drug-likeness (QED) is 0.295. The Morgan fingerprint density at radius 3 is 2.42 bits per heavy atom. The summed E-state index contributed by atoms with van der Waals surface area (Å²) in [5, 5.41) is 4.04. The predicted molar refractivity (Wildman–Crippen MR) is 149 cm³/mol. The Morgan fingerprint density at radius 1 is 0.816 bits per heavy atom. The summed E-state index contributed by atoms with van der Waals surface area (Å²) in [6, 6.07) is 31.6. The number of halogens is 2. The molecule has 0 aliphatic heterocycles. The molecule has 186 valence electrons. The van der Waals surface area contributed by atoms with Gasteiger partial charge in [0.05, 0.1) is 0 Å². The van der Waals surface area contributed by atoms with Crippen molar-refractivity contribution < 1.29 is 48.0 Å². The zero-order valence-corrected chi connectivity index (χ0v) is 25.3. The number of nitrogens with zero attached hydrogens (tertiary/aromatic N) is 1. The molecule has 1 unspecified atom stereocenters. The zero-order valence-electron chi connectivity index (χ0n) is 21.4. The fourth-order valence-electron chi connectivity index (χ4n) is 5.87. The second kappa shape index (κ2) is 10.9. The van der Waals surface area contributed by atoms with Crippen LogP contribution in [0.1, 0.15) is 39.2 Å². The van der Waals surface area contributed by atoms with Crippen molar-refractivity contribution in [2.24, 2.45) is 0 Å². The van der Waals surface area contributed by atoms with Crippen LogP contribution in [0.15, 0.2) is 112 Å². The molecule has 4 aromatic carbocycles. The molecule has 0 saturated carbocycles. The van der Waals surface area contributed by atoms with Crippen LogP contribution in [0.2, 0.25) is 0 Å². The minimum absolute atomic E-state index is 0. The number of fused-ring (bicyclic) bond motifs is 3. The van der Waals surface area contributed by atoms with E-state index in [1.807, 2.05) is 0 Å². The summed E-state index contributed by atoms with van der Waals surface area (Å²) < 4.78 is 4.59. The largest absolute Gasteiger partial charge is 1.00 e. The summed E-state index contributed by atoms with van der Waals surface area (Å²) in [6.45, 7) is 4.53. The molecule has 0 spiro atoms. The van der Waals surface area contributed by atoms with Crippen LogP contribution in [0.4, 0.5) is 0 Å². The monoisotopic (exact) mass is 609 g/mol. The zero-order chi connectivity index (χ0) is 24.2. The molecule has 5 aromatic rings. The molecular weight excluding hydrogens is 585 g/mol. The van der Waals surface area contributed by atoms with Crippen molar-refractivity contribution in [3.63, 3.8) is 0 Å². The first-order valence-corrected chi connectivity index (χ1v) is 15.4. The number of rotatable bonds is 4. The number of aryl methyl sites for hydroxylation is 1. The summed E-state index contributed by atoms with van der Waals surface area (Å²) in [5.74, 6) is 0. The van der Waals surface area contributed by atoms with Crippen LogP contribution in [0.5, 0.6) is 0 Å². The van der Waals surface area contributed by atoms with Crippen LogP contribution in [-0.4, -0.2) is 4.57 Å². The molecule has 38 heavy (non-hydrogen) atoms. The maximum Gasteiger partial charge on any atom is -1.00 e. The van der Waals surface area contributed by atoms with Gasteiger partial charge in [-0.05, 0) is 0 Å². The first-order valence-electron chi connectivity index (χ1n) is 12.7. The van der Waals surface area contributed by atoms with Crippen molar-refractivity contribution in [3.05, 3.63) is 134 Å². The van der Waals surface area contributed by atoms with E-state index in [0.29, 0.717) is 3.63 Å². The Labute approximate surface area is 248 Å². The first-order chi connectivity index (χ1) is 17.7. The van der Waals surface area contributed by atoms with E-state index in [2.05, 4.69) is 128 Å². The fourth-order valence-corrected chi connectivity index (χ4v) is 10.0. The molecule has 1 nitrogen and oxygen atoms in total. The van der Waals surface area contributed by atoms with Gasteiger partial charge in [-0.3, -0.25) is 0 Å². The molecule has 2 aliphatic carbocycles. The third-order valence-electron chi connectivity index (χ3n) is 7.82. The summed E-state index contributed by atoms with van der Waals surface area (Å²) >= 11 is -0.904. The number of hydrogen-bond donors (Lipinski definition) is 0. The molecule has 0 amide bonds. The van der Waals surface area contributed by atoms with Crippen molar-refractivity contribution in [1.29, 1.82) is 0 Å². The minimum Gasteiger partial charge on any atom is -1.00 e. The van der Waals surface area contributed by atoms with Crippen LogP contribution < -0.4 is 24.8 Å². The molecule has 0 bridgehead atoms. The Morgan fingerprint density at radius 2 is 1.61 bits per heavy atom. The van der Waals surface area contributed by atoms with Gasteiger partial charge in [-0.15, -0.1) is 0 Å². The van der Waals surface area contributed by atoms with E-state index in [1.54, 1.807) is 3.28 Å². The van der Waals surface area contributed by atoms with Crippen molar-refractivity contribution in [1.82, 2.24) is 4.57 Å². The summed E-state index contributed by atoms with van der Waals surface area (Å²) in [5.41, 5.74) is 11.2. The second-order valence-electron chi connectivity index (χ2n) is 9.98. The van der Waals surface area contributed by atoms with Gasteiger partial charge < -0.3 is 24.8 Å². The SMILES string of the molecule is CC1=[C]([Zr+2][CH]2C(c3ccc(C)c4ccccc34)=Cc3ccc(-n4ccc5ccccc54)cc32)CC=C1.[Cl-].[Cl-]. The maximum absolute atomic E-state index is 2.49. The smallest absolute Gasteiger partial charge is 1.00 e. The first kappa shape index (κ1) is 26.9. The minimum atomic E-state index is -0.904. The molecule has 1 heterocycles. The van der Waals surface area contributed by atoms with Crippen LogP contribution in [0.25, 0.3) is 39.0 Å². The summed E-state index contributed by atoms with van der Waals surface area (Å²) in [4.78, 5) is 0. The summed E-state index contributed by atoms with van der Waals surface area (Å²) in [7, 11) is 0. The van der Waals surface area contributed by atoms with Crippen LogP contribution in [0.3, 0.4) is 0 Å². The van der Waals surface area contributed by atoms with Gasteiger partial charge in [-0.2, -0.15) is 0 Å². The van der Waals surface area contributed by atoms with Gasteiger partial charge in [0, 0.05) is 0 Å². The van der Waals surface area contributed by atoms with Crippen LogP contribution >= 0.6 is 0 Å². The number of allylic oxidation sites excluding steroid dienone is 5. The van der Waals surface area contributed by atoms with Crippen molar-refractivity contribution >= 4 is 33.3 Å². The third kappa shape index (κ3) is 4.48. The molecule has 0 N–H and O–H groups in total. The average molecular weight is 612 g/mol. The predicted octanol–water partition coefficient (Wildman–Crippen LogP) is 3.01. The average Bonchev–Trinajstić information content (AvgIpc) is 3.62. The van der Waals surface area contributed by atoms with Gasteiger partial charge in [0.25, 0.3) is 0 Å². The molecule has 1 atom stereocenters. The van der Waals surface area contributed by atoms with Crippen molar-refractivity contribution in [2.45, 2.75) is 23.9 Å². The van der Waals surface area contributed by atoms with E-state index >= 15 is 0 Å². The van der Waals surface area contributed by atoms with Crippen LogP contribution in [-0.2, 0) is 23.2 Å². The third-order valence-corrected chi connectivity index (χ3v) is 12.4. The number of hydrogen-bond acceptors (Lipinski definition) is 0. The molecule has 4 heteroatoms. The molecule has 0 fully saturated rings. The molecule has 1 aromatic heterocycles. The topological polar surface area (TPSA) is 4.93 Å². The Balaban J connectivity index is 0.00000147. The van der Waals surface area contributed by atoms with E-state index < -0.39 is 23.2 Å². The standard InChI is InChI=1S/C28H20N.C6H7.2ClH.Zr/c1-19-10-13-26(27-8-4-3-7-25(19)27)23-16-21-11-12-24(18-22(21)17-23)29-15-14-20-6-2-5-9-28(20)29;1-6-4-2-3-5-6;;;/h2-18H,1H3;2,4H,3H2,1H3;2*1H;/q;;;;+2/p-2. The van der Waals surface area contributed by atoms with Crippen molar-refractivity contribution in [2.75, 3.05) is 0 Å². The van der Waals surface area contributed by atoms with Gasteiger partial charge in [0.1, 0.15) is 0 Å².